The van der Waals surface area contributed by atoms with Crippen molar-refractivity contribution in [1.29, 1.82) is 0 Å². The Balaban J connectivity index is 0.000000567. The molecule has 0 aliphatic rings. The van der Waals surface area contributed by atoms with Crippen molar-refractivity contribution in [3.8, 4) is 5.75 Å². The van der Waals surface area contributed by atoms with Crippen LogP contribution in [-0.2, 0) is 69.2 Å². The molecule has 0 heterocycles. The molecule has 14 N–H and O–H groups in total. The number of ether oxygens (including phenoxy) is 3. The molecule has 0 aliphatic carbocycles. The molecular weight excluding hydrogens is 1120 g/mol. The first-order valence-electron chi connectivity index (χ1n) is 26.6. The third kappa shape index (κ3) is 26.3. The Hall–Kier alpha value is -7.14. The summed E-state index contributed by atoms with van der Waals surface area (Å²) in [6.07, 6.45) is 2.17. The summed E-state index contributed by atoms with van der Waals surface area (Å²) in [5.74, 6) is -4.21. The average molecular weight is 1210 g/mol. The zero-order valence-electron chi connectivity index (χ0n) is 51.1. The van der Waals surface area contributed by atoms with Crippen LogP contribution in [0.1, 0.15) is 97.8 Å². The zero-order valence-corrected chi connectivity index (χ0v) is 51.9. The first-order chi connectivity index (χ1) is 39.3. The lowest BCUT2D eigenvalue weighted by atomic mass is 9.85. The third-order valence-electron chi connectivity index (χ3n) is 13.0. The molecule has 0 saturated heterocycles. The number of benzene rings is 4. The Morgan fingerprint density at radius 3 is 0.871 bits per heavy atom. The lowest BCUT2D eigenvalue weighted by molar-refractivity contribution is -0.143. The molecule has 0 bridgehead atoms. The minimum atomic E-state index is -3.60. The number of carboxylic acids is 2. The van der Waals surface area contributed by atoms with E-state index in [1.807, 2.05) is 13.8 Å². The highest BCUT2D eigenvalue weighted by atomic mass is 32.2. The van der Waals surface area contributed by atoms with Crippen LogP contribution in [0.4, 0.5) is 0 Å². The Morgan fingerprint density at radius 1 is 0.447 bits per heavy atom. The van der Waals surface area contributed by atoms with Crippen LogP contribution in [0.2, 0.25) is 27.3 Å². The molecule has 4 aromatic rings. The highest BCUT2D eigenvalue weighted by Gasteiger charge is 2.28. The topological polar surface area (TPSA) is 412 Å². The van der Waals surface area contributed by atoms with E-state index in [9.17, 15) is 62.1 Å². The Labute approximate surface area is 499 Å². The molecule has 4 rings (SSSR count). The summed E-state index contributed by atoms with van der Waals surface area (Å²) in [7, 11) is -3.21. The number of nitrogens with two attached hydrogens (primary N) is 2. The van der Waals surface area contributed by atoms with E-state index in [2.05, 4.69) is 20.9 Å². The van der Waals surface area contributed by atoms with Crippen molar-refractivity contribution in [2.45, 2.75) is 133 Å². The van der Waals surface area contributed by atoms with Crippen LogP contribution in [0.3, 0.4) is 0 Å². The number of aromatic carboxylic acids is 1. The molecule has 2 amide bonds. The number of primary amides is 2. The van der Waals surface area contributed by atoms with Crippen LogP contribution in [0.25, 0.3) is 0 Å². The zero-order chi connectivity index (χ0) is 65.5. The maximum absolute atomic E-state index is 11.8. The molecule has 0 spiro atoms. The molecule has 25 nitrogen and oxygen atoms in total. The van der Waals surface area contributed by atoms with Gasteiger partial charge in [-0.05, 0) is 224 Å². The molecule has 0 radical (unpaired) electrons. The third-order valence-corrected chi connectivity index (χ3v) is 13.5. The maximum atomic E-state index is 11.8. The predicted octanol–water partition coefficient (Wildman–Crippen LogP) is 1.50. The van der Waals surface area contributed by atoms with Gasteiger partial charge < -0.3 is 81.1 Å². The minimum Gasteiger partial charge on any atom is -0.480 e. The Kier molecular flexibility index (Phi) is 31.6. The van der Waals surface area contributed by atoms with Crippen molar-refractivity contribution in [3.05, 3.63) is 132 Å². The van der Waals surface area contributed by atoms with Gasteiger partial charge >= 0.3 is 68.2 Å². The molecule has 0 unspecified atom stereocenters. The van der Waals surface area contributed by atoms with E-state index in [0.29, 0.717) is 30.4 Å². The maximum Gasteiger partial charge on any atom is 0.374 e. The van der Waals surface area contributed by atoms with Crippen LogP contribution in [0, 0.1) is 55.4 Å². The van der Waals surface area contributed by atoms with Gasteiger partial charge in [0.1, 0.15) is 29.9 Å². The van der Waals surface area contributed by atoms with E-state index >= 15 is 0 Å². The van der Waals surface area contributed by atoms with Crippen molar-refractivity contribution in [2.75, 3.05) is 27.6 Å². The second-order valence-electron chi connectivity index (χ2n) is 20.4. The van der Waals surface area contributed by atoms with Gasteiger partial charge in [-0.25, -0.2) is 4.79 Å². The van der Waals surface area contributed by atoms with Crippen LogP contribution >= 0.6 is 0 Å². The number of amides is 2. The number of carbonyl (C=O) groups is 7. The standard InChI is InChI=1S/C14H21BN2O4.C14H22BNO6S.C14H20BNO5.C13H19BN2O4/c1-8-5-10(13(16)18)6-9(2)11(8)7-12(14(19)21-4)17-15(3)20;1-9-6-11(22-23(5,19)20)7-10(2)12(9)8-13(14(17)21-4)16-15(3)18;1-8-5-10(13(17)18)6-9(2)11(8)7-12(14(19)21-4)16-15(3)20;1-7-4-9(12(15)17)5-8(2)10(7)6-11(13(18)19)16-14(3)20/h5-6,12,17,20H,7H2,1-4H3,(H2,16,18);6-7,13,16,18H,8H2,1-5H3;5-6,12,16,20H,7H2,1-4H3,(H,17,18);4-5,11,16,20H,6H2,1-3H3,(H2,15,17)(H,18,19)/t12-;13-;12-;11-/m0000/s1. The number of rotatable bonds is 25. The van der Waals surface area contributed by atoms with Crippen molar-refractivity contribution in [1.82, 2.24) is 20.9 Å². The van der Waals surface area contributed by atoms with E-state index in [1.54, 1.807) is 90.1 Å². The van der Waals surface area contributed by atoms with Gasteiger partial charge in [0, 0.05) is 11.1 Å². The van der Waals surface area contributed by atoms with Crippen LogP contribution < -0.4 is 36.6 Å². The van der Waals surface area contributed by atoms with E-state index in [4.69, 9.17) is 40.1 Å². The second-order valence-corrected chi connectivity index (χ2v) is 22.0. The van der Waals surface area contributed by atoms with Crippen LogP contribution in [0.15, 0.2) is 48.5 Å². The molecular formula is C55H82B4N6O19S. The smallest absolute Gasteiger partial charge is 0.374 e. The largest absolute Gasteiger partial charge is 0.480 e. The summed E-state index contributed by atoms with van der Waals surface area (Å²) in [5, 5.41) is 66.6. The normalized spacial score (nSPS) is 12.1. The van der Waals surface area contributed by atoms with Crippen LogP contribution in [-0.4, -0.2) is 160 Å². The summed E-state index contributed by atoms with van der Waals surface area (Å²) in [6, 6.07) is 10.1. The molecule has 4 atom stereocenters. The van der Waals surface area contributed by atoms with Gasteiger partial charge in [-0.3, -0.25) is 28.8 Å². The summed E-state index contributed by atoms with van der Waals surface area (Å²) >= 11 is 0. The molecule has 4 aromatic carbocycles. The van der Waals surface area contributed by atoms with Gasteiger partial charge in [0.05, 0.1) is 33.1 Å². The highest BCUT2D eigenvalue weighted by Crippen LogP contribution is 2.25. The summed E-state index contributed by atoms with van der Waals surface area (Å²) < 4.78 is 41.5. The SMILES string of the molecule is CB(O)N[C@@H](Cc1c(C)cc(C(N)=O)cc1C)C(=O)O.COC(=O)[C@H](Cc1c(C)cc(C(=O)O)cc1C)NB(C)O.COC(=O)[C@H](Cc1c(C)cc(C(N)=O)cc1C)NB(C)O.COC(=O)[C@H](Cc1c(C)cc(OS(C)(=O)=O)cc1C)NB(C)O. The number of carboxylic acid groups (broad SMARTS) is 2. The summed E-state index contributed by atoms with van der Waals surface area (Å²) in [5.41, 5.74) is 21.5. The van der Waals surface area contributed by atoms with Crippen molar-refractivity contribution in [2.24, 2.45) is 11.5 Å². The van der Waals surface area contributed by atoms with E-state index in [1.165, 1.54) is 48.6 Å². The quantitative estimate of drug-likeness (QED) is 0.0194. The van der Waals surface area contributed by atoms with E-state index < -0.39 is 104 Å². The van der Waals surface area contributed by atoms with Crippen molar-refractivity contribution in [3.63, 3.8) is 0 Å². The van der Waals surface area contributed by atoms with E-state index in [0.717, 1.165) is 73.0 Å². The molecule has 0 aliphatic heterocycles. The number of aliphatic carboxylic acids is 1. The van der Waals surface area contributed by atoms with Gasteiger partial charge in [-0.2, -0.15) is 8.42 Å². The van der Waals surface area contributed by atoms with Crippen molar-refractivity contribution >= 4 is 80.0 Å². The number of hydrogen-bond acceptors (Lipinski definition) is 21. The average Bonchev–Trinajstić information content (AvgIpc) is 3.37. The molecule has 0 aromatic heterocycles. The summed E-state index contributed by atoms with van der Waals surface area (Å²) in [6.45, 7) is 20.5. The lowest BCUT2D eigenvalue weighted by Crippen LogP contribution is -2.46. The molecule has 30 heteroatoms. The molecule has 464 valence electrons. The molecule has 0 saturated carbocycles. The fourth-order valence-electron chi connectivity index (χ4n) is 9.11. The number of aryl methyl sites for hydroxylation is 8. The van der Waals surface area contributed by atoms with Gasteiger partial charge in [0.15, 0.2) is 0 Å². The van der Waals surface area contributed by atoms with Gasteiger partial charge in [0.2, 0.25) is 11.8 Å². The monoisotopic (exact) mass is 1210 g/mol. The Bertz CT molecular complexity index is 2920. The van der Waals surface area contributed by atoms with Crippen LogP contribution in [0.5, 0.6) is 5.75 Å². The number of methoxy groups -OCH3 is 3. The number of hydrogen-bond donors (Lipinski definition) is 12. The lowest BCUT2D eigenvalue weighted by Gasteiger charge is -2.20. The van der Waals surface area contributed by atoms with E-state index in [-0.39, 0.29) is 17.7 Å². The van der Waals surface area contributed by atoms with Gasteiger partial charge in [0.25, 0.3) is 0 Å². The first kappa shape index (κ1) is 75.9. The highest BCUT2D eigenvalue weighted by molar-refractivity contribution is 7.86. The molecule has 85 heavy (non-hydrogen) atoms. The first-order valence-corrected chi connectivity index (χ1v) is 28.4. The fourth-order valence-corrected chi connectivity index (χ4v) is 9.55. The van der Waals surface area contributed by atoms with Gasteiger partial charge in [-0.1, -0.05) is 0 Å². The predicted molar refractivity (Wildman–Crippen MR) is 325 cm³/mol. The minimum absolute atomic E-state index is 0.215. The Morgan fingerprint density at radius 2 is 0.671 bits per heavy atom. The van der Waals surface area contributed by atoms with Crippen molar-refractivity contribution < 1.29 is 90.7 Å². The number of carbonyl (C=O) groups excluding carboxylic acids is 5. The fraction of sp³-hybridized carbons (Fsp3) is 0.436. The number of esters is 3. The number of nitrogens with one attached hydrogen (secondary N) is 4. The summed E-state index contributed by atoms with van der Waals surface area (Å²) in [4.78, 5) is 80.0. The molecule has 0 fully saturated rings. The second kappa shape index (κ2) is 35.3. The van der Waals surface area contributed by atoms with Gasteiger partial charge in [-0.15, -0.1) is 0 Å².